The van der Waals surface area contributed by atoms with Crippen LogP contribution in [0, 0.1) is 11.8 Å². The van der Waals surface area contributed by atoms with Crippen LogP contribution in [-0.2, 0) is 9.53 Å². The Morgan fingerprint density at radius 1 is 1.00 bits per heavy atom. The van der Waals surface area contributed by atoms with Crippen molar-refractivity contribution >= 4 is 5.97 Å². The SMILES string of the molecule is O=C(OCC(O)C1CCCC1)C1CCCCCC1. The molecule has 2 aliphatic carbocycles. The summed E-state index contributed by atoms with van der Waals surface area (Å²) >= 11 is 0. The van der Waals surface area contributed by atoms with Crippen molar-refractivity contribution in [3.63, 3.8) is 0 Å². The first kappa shape index (κ1) is 13.9. The second-order valence-electron chi connectivity index (χ2n) is 5.93. The van der Waals surface area contributed by atoms with E-state index in [1.54, 1.807) is 0 Å². The number of ether oxygens (including phenoxy) is 1. The van der Waals surface area contributed by atoms with Crippen LogP contribution in [0.15, 0.2) is 0 Å². The molecule has 0 amide bonds. The van der Waals surface area contributed by atoms with Gasteiger partial charge in [-0.05, 0) is 31.6 Å². The first-order valence-corrected chi connectivity index (χ1v) is 7.62. The van der Waals surface area contributed by atoms with Crippen LogP contribution in [0.2, 0.25) is 0 Å². The minimum Gasteiger partial charge on any atom is -0.463 e. The number of esters is 1. The molecule has 0 aromatic heterocycles. The molecule has 1 unspecified atom stereocenters. The monoisotopic (exact) mass is 254 g/mol. The highest BCUT2D eigenvalue weighted by molar-refractivity contribution is 5.72. The normalized spacial score (nSPS) is 24.7. The Labute approximate surface area is 110 Å². The molecule has 0 saturated heterocycles. The Hall–Kier alpha value is -0.570. The zero-order valence-corrected chi connectivity index (χ0v) is 11.3. The Kier molecular flexibility index (Phi) is 5.48. The lowest BCUT2D eigenvalue weighted by Crippen LogP contribution is -2.28. The molecule has 2 aliphatic rings. The number of hydrogen-bond acceptors (Lipinski definition) is 3. The van der Waals surface area contributed by atoms with E-state index in [0.29, 0.717) is 5.92 Å². The highest BCUT2D eigenvalue weighted by atomic mass is 16.5. The van der Waals surface area contributed by atoms with Gasteiger partial charge in [-0.25, -0.2) is 0 Å². The number of carbonyl (C=O) groups excluding carboxylic acids is 1. The molecule has 0 aromatic carbocycles. The number of rotatable bonds is 4. The van der Waals surface area contributed by atoms with Gasteiger partial charge in [0.15, 0.2) is 0 Å². The molecule has 0 bridgehead atoms. The smallest absolute Gasteiger partial charge is 0.309 e. The summed E-state index contributed by atoms with van der Waals surface area (Å²) in [5.74, 6) is 0.365. The van der Waals surface area contributed by atoms with Gasteiger partial charge in [0.2, 0.25) is 0 Å². The van der Waals surface area contributed by atoms with Crippen molar-refractivity contribution < 1.29 is 14.6 Å². The van der Waals surface area contributed by atoms with E-state index in [9.17, 15) is 9.90 Å². The van der Waals surface area contributed by atoms with Crippen LogP contribution in [-0.4, -0.2) is 23.8 Å². The van der Waals surface area contributed by atoms with E-state index in [0.717, 1.165) is 38.5 Å². The van der Waals surface area contributed by atoms with Gasteiger partial charge in [-0.15, -0.1) is 0 Å². The van der Waals surface area contributed by atoms with Crippen LogP contribution in [0.4, 0.5) is 0 Å². The van der Waals surface area contributed by atoms with Gasteiger partial charge in [0.05, 0.1) is 12.0 Å². The Bertz CT molecular complexity index is 250. The maximum absolute atomic E-state index is 11.9. The molecule has 0 radical (unpaired) electrons. The fourth-order valence-electron chi connectivity index (χ4n) is 3.28. The molecule has 3 heteroatoms. The number of carbonyl (C=O) groups is 1. The molecule has 0 spiro atoms. The molecule has 0 heterocycles. The Balaban J connectivity index is 1.69. The summed E-state index contributed by atoms with van der Waals surface area (Å²) in [5.41, 5.74) is 0. The maximum Gasteiger partial charge on any atom is 0.309 e. The molecule has 2 rings (SSSR count). The standard InChI is InChI=1S/C15H26O3/c16-14(12-7-5-6-8-12)11-18-15(17)13-9-3-1-2-4-10-13/h12-14,16H,1-11H2. The third-order valence-electron chi connectivity index (χ3n) is 4.53. The van der Waals surface area contributed by atoms with Crippen LogP contribution < -0.4 is 0 Å². The average molecular weight is 254 g/mol. The number of aliphatic hydroxyl groups excluding tert-OH is 1. The van der Waals surface area contributed by atoms with Crippen molar-refractivity contribution in [2.75, 3.05) is 6.61 Å². The molecule has 2 saturated carbocycles. The van der Waals surface area contributed by atoms with Gasteiger partial charge in [0, 0.05) is 0 Å². The highest BCUT2D eigenvalue weighted by Gasteiger charge is 2.26. The van der Waals surface area contributed by atoms with Gasteiger partial charge >= 0.3 is 5.97 Å². The predicted octanol–water partition coefficient (Wildman–Crippen LogP) is 3.05. The van der Waals surface area contributed by atoms with Crippen LogP contribution in [0.1, 0.15) is 64.2 Å². The third-order valence-corrected chi connectivity index (χ3v) is 4.53. The molecule has 104 valence electrons. The Morgan fingerprint density at radius 2 is 1.56 bits per heavy atom. The number of hydrogen-bond donors (Lipinski definition) is 1. The van der Waals surface area contributed by atoms with Crippen LogP contribution >= 0.6 is 0 Å². The lowest BCUT2D eigenvalue weighted by molar-refractivity contribution is -0.153. The van der Waals surface area contributed by atoms with E-state index in [4.69, 9.17) is 4.74 Å². The van der Waals surface area contributed by atoms with Crippen molar-refractivity contribution in [2.45, 2.75) is 70.3 Å². The fraction of sp³-hybridized carbons (Fsp3) is 0.933. The minimum atomic E-state index is -0.442. The summed E-state index contributed by atoms with van der Waals surface area (Å²) in [7, 11) is 0. The van der Waals surface area contributed by atoms with Crippen LogP contribution in [0.25, 0.3) is 0 Å². The van der Waals surface area contributed by atoms with E-state index < -0.39 is 6.10 Å². The zero-order valence-electron chi connectivity index (χ0n) is 11.3. The van der Waals surface area contributed by atoms with Gasteiger partial charge in [0.25, 0.3) is 0 Å². The van der Waals surface area contributed by atoms with Crippen molar-refractivity contribution in [3.8, 4) is 0 Å². The second kappa shape index (κ2) is 7.13. The molecule has 3 nitrogen and oxygen atoms in total. The van der Waals surface area contributed by atoms with E-state index in [1.807, 2.05) is 0 Å². The molecule has 2 fully saturated rings. The molecule has 0 aromatic rings. The van der Waals surface area contributed by atoms with Crippen molar-refractivity contribution in [1.82, 2.24) is 0 Å². The lowest BCUT2D eigenvalue weighted by atomic mass is 10.00. The largest absolute Gasteiger partial charge is 0.463 e. The van der Waals surface area contributed by atoms with Crippen molar-refractivity contribution in [1.29, 1.82) is 0 Å². The Morgan fingerprint density at radius 3 is 2.17 bits per heavy atom. The van der Waals surface area contributed by atoms with E-state index in [-0.39, 0.29) is 18.5 Å². The third kappa shape index (κ3) is 3.98. The topological polar surface area (TPSA) is 46.5 Å². The molecule has 18 heavy (non-hydrogen) atoms. The molecular formula is C15H26O3. The lowest BCUT2D eigenvalue weighted by Gasteiger charge is -2.19. The fourth-order valence-corrected chi connectivity index (χ4v) is 3.28. The van der Waals surface area contributed by atoms with Gasteiger partial charge in [-0.1, -0.05) is 38.5 Å². The van der Waals surface area contributed by atoms with Gasteiger partial charge < -0.3 is 9.84 Å². The summed E-state index contributed by atoms with van der Waals surface area (Å²) in [6, 6.07) is 0. The highest BCUT2D eigenvalue weighted by Crippen LogP contribution is 2.28. The summed E-state index contributed by atoms with van der Waals surface area (Å²) in [4.78, 5) is 11.9. The summed E-state index contributed by atoms with van der Waals surface area (Å²) in [6.45, 7) is 0.208. The minimum absolute atomic E-state index is 0.0750. The molecule has 1 atom stereocenters. The first-order valence-electron chi connectivity index (χ1n) is 7.62. The zero-order chi connectivity index (χ0) is 12.8. The molecule has 0 aliphatic heterocycles. The first-order chi connectivity index (χ1) is 8.77. The van der Waals surface area contributed by atoms with Gasteiger partial charge in [-0.3, -0.25) is 4.79 Å². The van der Waals surface area contributed by atoms with Crippen molar-refractivity contribution in [2.24, 2.45) is 11.8 Å². The summed E-state index contributed by atoms with van der Waals surface area (Å²) < 4.78 is 5.32. The van der Waals surface area contributed by atoms with Crippen molar-refractivity contribution in [3.05, 3.63) is 0 Å². The summed E-state index contributed by atoms with van der Waals surface area (Å²) in [5, 5.41) is 9.97. The van der Waals surface area contributed by atoms with Crippen LogP contribution in [0.3, 0.4) is 0 Å². The predicted molar refractivity (Wildman–Crippen MR) is 70.1 cm³/mol. The maximum atomic E-state index is 11.9. The molecule has 1 N–H and O–H groups in total. The van der Waals surface area contributed by atoms with Gasteiger partial charge in [0.1, 0.15) is 6.61 Å². The second-order valence-corrected chi connectivity index (χ2v) is 5.93. The summed E-state index contributed by atoms with van der Waals surface area (Å²) in [6.07, 6.45) is 10.9. The quantitative estimate of drug-likeness (QED) is 0.619. The molecular weight excluding hydrogens is 228 g/mol. The average Bonchev–Trinajstić information content (AvgIpc) is 2.78. The van der Waals surface area contributed by atoms with Gasteiger partial charge in [-0.2, -0.15) is 0 Å². The van der Waals surface area contributed by atoms with E-state index >= 15 is 0 Å². The number of aliphatic hydroxyl groups is 1. The van der Waals surface area contributed by atoms with E-state index in [2.05, 4.69) is 0 Å². The van der Waals surface area contributed by atoms with E-state index in [1.165, 1.54) is 25.7 Å². The van der Waals surface area contributed by atoms with Crippen LogP contribution in [0.5, 0.6) is 0 Å².